The summed E-state index contributed by atoms with van der Waals surface area (Å²) in [5.41, 5.74) is 3.20. The fourth-order valence-corrected chi connectivity index (χ4v) is 4.59. The first kappa shape index (κ1) is 26.7. The summed E-state index contributed by atoms with van der Waals surface area (Å²) in [5, 5.41) is 11.9. The van der Waals surface area contributed by atoms with E-state index in [1.54, 1.807) is 42.5 Å². The number of aryl methyl sites for hydroxylation is 1. The highest BCUT2D eigenvalue weighted by Gasteiger charge is 2.46. The van der Waals surface area contributed by atoms with Crippen LogP contribution in [0.25, 0.3) is 5.76 Å². The van der Waals surface area contributed by atoms with Gasteiger partial charge in [0.2, 0.25) is 0 Å². The maximum atomic E-state index is 13.2. The monoisotopic (exact) mass is 538 g/mol. The van der Waals surface area contributed by atoms with Crippen molar-refractivity contribution in [1.82, 2.24) is 9.80 Å². The lowest BCUT2D eigenvalue weighted by Crippen LogP contribution is -2.35. The Bertz CT molecular complexity index is 1350. The summed E-state index contributed by atoms with van der Waals surface area (Å²) in [6.45, 7) is 3.26. The van der Waals surface area contributed by atoms with Gasteiger partial charge in [-0.3, -0.25) is 9.59 Å². The van der Waals surface area contributed by atoms with E-state index in [-0.39, 0.29) is 11.3 Å². The van der Waals surface area contributed by atoms with Crippen molar-refractivity contribution in [2.24, 2.45) is 0 Å². The zero-order chi connectivity index (χ0) is 26.7. The molecule has 0 saturated carbocycles. The first-order valence-corrected chi connectivity index (χ1v) is 12.6. The fraction of sp³-hybridized carbons (Fsp3) is 0.241. The van der Waals surface area contributed by atoms with Gasteiger partial charge in [0, 0.05) is 18.7 Å². The minimum atomic E-state index is -0.799. The van der Waals surface area contributed by atoms with Gasteiger partial charge in [-0.15, -0.1) is 0 Å². The minimum Gasteiger partial charge on any atom is -0.507 e. The summed E-state index contributed by atoms with van der Waals surface area (Å²) < 4.78 is 5.87. The Morgan fingerprint density at radius 3 is 2.38 bits per heavy atom. The number of halogens is 2. The van der Waals surface area contributed by atoms with Gasteiger partial charge in [-0.1, -0.05) is 59.1 Å². The predicted molar refractivity (Wildman–Crippen MR) is 146 cm³/mol. The summed E-state index contributed by atoms with van der Waals surface area (Å²) in [6.07, 6.45) is 0. The van der Waals surface area contributed by atoms with E-state index in [0.717, 1.165) is 11.1 Å². The van der Waals surface area contributed by atoms with Crippen LogP contribution in [0.3, 0.4) is 0 Å². The smallest absolute Gasteiger partial charge is 0.295 e. The van der Waals surface area contributed by atoms with Gasteiger partial charge in [0.1, 0.15) is 18.1 Å². The lowest BCUT2D eigenvalue weighted by Gasteiger charge is -2.26. The van der Waals surface area contributed by atoms with E-state index in [4.69, 9.17) is 27.9 Å². The van der Waals surface area contributed by atoms with Gasteiger partial charge in [0.25, 0.3) is 11.7 Å². The second-order valence-electron chi connectivity index (χ2n) is 9.27. The molecular formula is C29H28Cl2N2O4. The maximum absolute atomic E-state index is 13.2. The number of hydrogen-bond acceptors (Lipinski definition) is 5. The van der Waals surface area contributed by atoms with E-state index in [9.17, 15) is 14.7 Å². The third kappa shape index (κ3) is 5.99. The number of hydrogen-bond donors (Lipinski definition) is 1. The number of aliphatic hydroxyl groups is 1. The number of aliphatic hydroxyl groups excluding tert-OH is 1. The highest BCUT2D eigenvalue weighted by Crippen LogP contribution is 2.41. The average Bonchev–Trinajstić information content (AvgIpc) is 3.12. The largest absolute Gasteiger partial charge is 0.507 e. The molecule has 0 aliphatic carbocycles. The number of nitrogens with zero attached hydrogens (tertiary/aromatic N) is 2. The van der Waals surface area contributed by atoms with E-state index >= 15 is 0 Å². The van der Waals surface area contributed by atoms with Gasteiger partial charge in [0.05, 0.1) is 21.7 Å². The van der Waals surface area contributed by atoms with E-state index < -0.39 is 17.7 Å². The molecule has 8 heteroatoms. The van der Waals surface area contributed by atoms with E-state index in [1.807, 2.05) is 44.1 Å². The van der Waals surface area contributed by atoms with Gasteiger partial charge in [-0.25, -0.2) is 0 Å². The molecule has 1 fully saturated rings. The maximum Gasteiger partial charge on any atom is 0.295 e. The molecule has 1 aliphatic heterocycles. The van der Waals surface area contributed by atoms with Gasteiger partial charge in [0.15, 0.2) is 0 Å². The summed E-state index contributed by atoms with van der Waals surface area (Å²) in [6, 6.07) is 19.0. The SMILES string of the molecule is Cc1cccc(COc2ccc(C(O)=C3C(=O)C(=O)N(CCN(C)C)[C@H]3c3ccc(Cl)c(Cl)c3)cc2)c1. The first-order valence-electron chi connectivity index (χ1n) is 11.8. The normalized spacial score (nSPS) is 17.0. The molecular weight excluding hydrogens is 511 g/mol. The summed E-state index contributed by atoms with van der Waals surface area (Å²) in [7, 11) is 3.76. The van der Waals surface area contributed by atoms with Crippen LogP contribution in [0.2, 0.25) is 10.0 Å². The van der Waals surface area contributed by atoms with Gasteiger partial charge in [-0.2, -0.15) is 0 Å². The molecule has 1 amide bonds. The van der Waals surface area contributed by atoms with Crippen molar-refractivity contribution in [1.29, 1.82) is 0 Å². The van der Waals surface area contributed by atoms with Gasteiger partial charge in [-0.05, 0) is 68.5 Å². The number of carbonyl (C=O) groups excluding carboxylic acids is 2. The van der Waals surface area contributed by atoms with Crippen molar-refractivity contribution in [3.05, 3.63) is 105 Å². The van der Waals surface area contributed by atoms with Crippen molar-refractivity contribution >= 4 is 40.7 Å². The molecule has 3 aromatic rings. The molecule has 1 aliphatic rings. The molecule has 1 N–H and O–H groups in total. The summed E-state index contributed by atoms with van der Waals surface area (Å²) in [4.78, 5) is 29.6. The molecule has 37 heavy (non-hydrogen) atoms. The molecule has 0 bridgehead atoms. The lowest BCUT2D eigenvalue weighted by molar-refractivity contribution is -0.140. The van der Waals surface area contributed by atoms with Crippen LogP contribution in [-0.2, 0) is 16.2 Å². The zero-order valence-electron chi connectivity index (χ0n) is 20.9. The van der Waals surface area contributed by atoms with Crippen molar-refractivity contribution < 1.29 is 19.4 Å². The average molecular weight is 539 g/mol. The van der Waals surface area contributed by atoms with Crippen molar-refractivity contribution in [3.8, 4) is 5.75 Å². The lowest BCUT2D eigenvalue weighted by atomic mass is 9.95. The number of ether oxygens (including phenoxy) is 1. The first-order chi connectivity index (χ1) is 17.7. The highest BCUT2D eigenvalue weighted by atomic mass is 35.5. The Kier molecular flexibility index (Phi) is 8.22. The Hall–Kier alpha value is -3.32. The highest BCUT2D eigenvalue weighted by molar-refractivity contribution is 6.46. The van der Waals surface area contributed by atoms with E-state index in [1.165, 1.54) is 4.90 Å². The van der Waals surface area contributed by atoms with Gasteiger partial charge < -0.3 is 19.6 Å². The molecule has 3 aromatic carbocycles. The Labute approximate surface area is 226 Å². The molecule has 6 nitrogen and oxygen atoms in total. The van der Waals surface area contributed by atoms with E-state index in [2.05, 4.69) is 6.07 Å². The Morgan fingerprint density at radius 2 is 1.73 bits per heavy atom. The Morgan fingerprint density at radius 1 is 1.00 bits per heavy atom. The van der Waals surface area contributed by atoms with Crippen molar-refractivity contribution in [2.75, 3.05) is 27.2 Å². The summed E-state index contributed by atoms with van der Waals surface area (Å²) in [5.74, 6) is -1.05. The fourth-order valence-electron chi connectivity index (χ4n) is 4.28. The summed E-state index contributed by atoms with van der Waals surface area (Å²) >= 11 is 12.4. The second kappa shape index (κ2) is 11.4. The molecule has 0 spiro atoms. The number of likely N-dealkylation sites (tertiary alicyclic amines) is 1. The van der Waals surface area contributed by atoms with Crippen LogP contribution in [0.15, 0.2) is 72.3 Å². The van der Waals surface area contributed by atoms with Gasteiger partial charge >= 0.3 is 0 Å². The number of carbonyl (C=O) groups is 2. The molecule has 0 radical (unpaired) electrons. The predicted octanol–water partition coefficient (Wildman–Crippen LogP) is 5.86. The van der Waals surface area contributed by atoms with Crippen molar-refractivity contribution in [2.45, 2.75) is 19.6 Å². The van der Waals surface area contributed by atoms with E-state index in [0.29, 0.717) is 46.6 Å². The third-order valence-electron chi connectivity index (χ3n) is 6.20. The molecule has 1 heterocycles. The molecule has 0 unspecified atom stereocenters. The minimum absolute atomic E-state index is 0.00979. The molecule has 4 rings (SSSR count). The number of amides is 1. The third-order valence-corrected chi connectivity index (χ3v) is 6.94. The number of ketones is 1. The van der Waals surface area contributed by atoms with Crippen LogP contribution in [0.4, 0.5) is 0 Å². The van der Waals surface area contributed by atoms with Crippen LogP contribution in [0.1, 0.15) is 28.3 Å². The van der Waals surface area contributed by atoms with Crippen LogP contribution in [-0.4, -0.2) is 53.8 Å². The molecule has 0 aromatic heterocycles. The van der Waals surface area contributed by atoms with Crippen LogP contribution < -0.4 is 4.74 Å². The number of Topliss-reactive ketones (excluding diaryl/α,β-unsaturated/α-hetero) is 1. The zero-order valence-corrected chi connectivity index (χ0v) is 22.4. The van der Waals surface area contributed by atoms with Crippen LogP contribution >= 0.6 is 23.2 Å². The Balaban J connectivity index is 1.66. The van der Waals surface area contributed by atoms with Crippen molar-refractivity contribution in [3.63, 3.8) is 0 Å². The standard InChI is InChI=1S/C29H28Cl2N2O4/c1-18-5-4-6-19(15-18)17-37-22-10-7-20(8-11-22)27(34)25-26(21-9-12-23(30)24(31)16-21)33(14-13-32(2)3)29(36)28(25)35/h4-12,15-16,26,34H,13-14,17H2,1-3H3/t26-/m0/s1. The van der Waals surface area contributed by atoms with Crippen LogP contribution in [0, 0.1) is 6.92 Å². The molecule has 1 atom stereocenters. The van der Waals surface area contributed by atoms with Crippen LogP contribution in [0.5, 0.6) is 5.75 Å². The molecule has 192 valence electrons. The second-order valence-corrected chi connectivity index (χ2v) is 10.1. The number of likely N-dealkylation sites (N-methyl/N-ethyl adjacent to an activating group) is 1. The number of benzene rings is 3. The topological polar surface area (TPSA) is 70.1 Å². The quantitative estimate of drug-likeness (QED) is 0.221. The number of rotatable bonds is 8. The molecule has 1 saturated heterocycles.